The van der Waals surface area contributed by atoms with Crippen molar-refractivity contribution < 1.29 is 4.52 Å². The zero-order chi connectivity index (χ0) is 11.0. The molecule has 0 saturated heterocycles. The lowest BCUT2D eigenvalue weighted by Gasteiger charge is -2.22. The molecule has 0 aliphatic heterocycles. The van der Waals surface area contributed by atoms with Crippen LogP contribution in [0.3, 0.4) is 0 Å². The lowest BCUT2D eigenvalue weighted by Crippen LogP contribution is -2.13. The van der Waals surface area contributed by atoms with E-state index in [0.29, 0.717) is 5.82 Å². The number of aryl methyl sites for hydroxylation is 1. The van der Waals surface area contributed by atoms with Gasteiger partial charge in [-0.25, -0.2) is 4.79 Å². The van der Waals surface area contributed by atoms with Crippen LogP contribution in [0.1, 0.15) is 35.7 Å². The van der Waals surface area contributed by atoms with Gasteiger partial charge in [0.1, 0.15) is 0 Å². The summed E-state index contributed by atoms with van der Waals surface area (Å²) >= 11 is 0. The highest BCUT2D eigenvalue weighted by Gasteiger charge is 2.24. The van der Waals surface area contributed by atoms with Gasteiger partial charge in [0.05, 0.1) is 0 Å². The zero-order valence-electron chi connectivity index (χ0n) is 8.77. The Morgan fingerprint density at radius 1 is 1.38 bits per heavy atom. The zero-order valence-corrected chi connectivity index (χ0v) is 8.77. The molecule has 2 aromatic rings. The minimum absolute atomic E-state index is 0.177. The quantitative estimate of drug-likeness (QED) is 0.791. The Morgan fingerprint density at radius 2 is 2.25 bits per heavy atom. The van der Waals surface area contributed by atoms with Gasteiger partial charge in [-0.2, -0.15) is 0 Å². The number of aromatic amines is 1. The first-order valence-electron chi connectivity index (χ1n) is 5.48. The number of aromatic nitrogens is 2. The van der Waals surface area contributed by atoms with Crippen molar-refractivity contribution in [1.82, 2.24) is 10.1 Å². The molecule has 0 fully saturated rings. The third-order valence-corrected chi connectivity index (χ3v) is 3.16. The van der Waals surface area contributed by atoms with Crippen molar-refractivity contribution in [2.75, 3.05) is 0 Å². The Labute approximate surface area is 92.3 Å². The third kappa shape index (κ3) is 1.46. The Balaban J connectivity index is 2.08. The molecule has 0 radical (unpaired) electrons. The van der Waals surface area contributed by atoms with Crippen LogP contribution in [-0.4, -0.2) is 10.1 Å². The van der Waals surface area contributed by atoms with E-state index >= 15 is 0 Å². The molecule has 1 unspecified atom stereocenters. The Bertz CT molecular complexity index is 556. The fourth-order valence-electron chi connectivity index (χ4n) is 2.43. The van der Waals surface area contributed by atoms with Gasteiger partial charge in [-0.05, 0) is 30.4 Å². The minimum Gasteiger partial charge on any atom is -0.296 e. The average Bonchev–Trinajstić information content (AvgIpc) is 2.75. The second-order valence-corrected chi connectivity index (χ2v) is 4.12. The molecule has 4 nitrogen and oxygen atoms in total. The van der Waals surface area contributed by atoms with E-state index in [1.165, 1.54) is 11.1 Å². The third-order valence-electron chi connectivity index (χ3n) is 3.16. The van der Waals surface area contributed by atoms with Crippen LogP contribution in [-0.2, 0) is 6.42 Å². The molecule has 1 atom stereocenters. The van der Waals surface area contributed by atoms with Crippen molar-refractivity contribution >= 4 is 0 Å². The van der Waals surface area contributed by atoms with Crippen LogP contribution >= 0.6 is 0 Å². The molecule has 1 heterocycles. The maximum absolute atomic E-state index is 11.0. The van der Waals surface area contributed by atoms with Crippen LogP contribution in [0, 0.1) is 0 Å². The van der Waals surface area contributed by atoms with Crippen LogP contribution < -0.4 is 5.76 Å². The summed E-state index contributed by atoms with van der Waals surface area (Å²) < 4.78 is 4.57. The van der Waals surface area contributed by atoms with E-state index in [9.17, 15) is 4.79 Å². The van der Waals surface area contributed by atoms with Crippen LogP contribution in [0.25, 0.3) is 0 Å². The summed E-state index contributed by atoms with van der Waals surface area (Å²) in [6.07, 6.45) is 3.24. The van der Waals surface area contributed by atoms with E-state index in [-0.39, 0.29) is 5.92 Å². The van der Waals surface area contributed by atoms with Crippen molar-refractivity contribution in [1.29, 1.82) is 0 Å². The fraction of sp³-hybridized carbons (Fsp3) is 0.333. The van der Waals surface area contributed by atoms with E-state index < -0.39 is 5.76 Å². The number of nitrogens with zero attached hydrogens (tertiary/aromatic N) is 1. The predicted molar refractivity (Wildman–Crippen MR) is 58.3 cm³/mol. The number of H-pyrrole nitrogens is 1. The van der Waals surface area contributed by atoms with Crippen molar-refractivity contribution in [3.8, 4) is 0 Å². The standard InChI is InChI=1S/C12H12N2O2/c15-12-13-11(14-16-12)10-7-3-5-8-4-1-2-6-9(8)10/h1-2,4,6,10H,3,5,7H2,(H,13,14,15). The Morgan fingerprint density at radius 3 is 3.06 bits per heavy atom. The summed E-state index contributed by atoms with van der Waals surface area (Å²) in [7, 11) is 0. The molecule has 1 aromatic carbocycles. The molecule has 1 aliphatic rings. The SMILES string of the molecule is O=c1[nH]c(C2CCCc3ccccc32)no1. The fourth-order valence-corrected chi connectivity index (χ4v) is 2.43. The van der Waals surface area contributed by atoms with Crippen LogP contribution in [0.15, 0.2) is 33.6 Å². The van der Waals surface area contributed by atoms with Gasteiger partial charge in [0, 0.05) is 5.92 Å². The molecular weight excluding hydrogens is 204 g/mol. The Hall–Kier alpha value is -1.84. The lowest BCUT2D eigenvalue weighted by molar-refractivity contribution is 0.377. The maximum Gasteiger partial charge on any atom is 0.438 e. The summed E-state index contributed by atoms with van der Waals surface area (Å²) in [4.78, 5) is 13.6. The van der Waals surface area contributed by atoms with E-state index in [0.717, 1.165) is 19.3 Å². The van der Waals surface area contributed by atoms with Crippen molar-refractivity contribution in [3.63, 3.8) is 0 Å². The van der Waals surface area contributed by atoms with Crippen molar-refractivity contribution in [2.24, 2.45) is 0 Å². The van der Waals surface area contributed by atoms with E-state index in [1.54, 1.807) is 0 Å². The van der Waals surface area contributed by atoms with E-state index in [1.807, 2.05) is 12.1 Å². The van der Waals surface area contributed by atoms with Crippen LogP contribution in [0.5, 0.6) is 0 Å². The molecule has 3 rings (SSSR count). The first-order chi connectivity index (χ1) is 7.84. The predicted octanol–water partition coefficient (Wildman–Crippen LogP) is 1.83. The number of nitrogens with one attached hydrogen (secondary N) is 1. The molecule has 0 bridgehead atoms. The number of hydrogen-bond acceptors (Lipinski definition) is 3. The molecule has 0 spiro atoms. The molecule has 1 aliphatic carbocycles. The van der Waals surface area contributed by atoms with Gasteiger partial charge in [-0.1, -0.05) is 29.4 Å². The Kier molecular flexibility index (Phi) is 2.13. The van der Waals surface area contributed by atoms with Crippen LogP contribution in [0.2, 0.25) is 0 Å². The summed E-state index contributed by atoms with van der Waals surface area (Å²) in [6, 6.07) is 8.31. The van der Waals surface area contributed by atoms with Gasteiger partial charge < -0.3 is 0 Å². The van der Waals surface area contributed by atoms with Crippen LogP contribution in [0.4, 0.5) is 0 Å². The summed E-state index contributed by atoms with van der Waals surface area (Å²) in [5, 5.41) is 3.80. The smallest absolute Gasteiger partial charge is 0.296 e. The second kappa shape index (κ2) is 3.63. The number of hydrogen-bond donors (Lipinski definition) is 1. The molecule has 16 heavy (non-hydrogen) atoms. The summed E-state index contributed by atoms with van der Waals surface area (Å²) in [5.74, 6) is 0.353. The monoisotopic (exact) mass is 216 g/mol. The molecule has 82 valence electrons. The highest BCUT2D eigenvalue weighted by atomic mass is 16.5. The lowest BCUT2D eigenvalue weighted by atomic mass is 9.82. The molecule has 0 saturated carbocycles. The molecule has 1 N–H and O–H groups in total. The normalized spacial score (nSPS) is 19.4. The van der Waals surface area contributed by atoms with Crippen molar-refractivity contribution in [3.05, 3.63) is 51.8 Å². The molecule has 0 amide bonds. The number of fused-ring (bicyclic) bond motifs is 1. The van der Waals surface area contributed by atoms with Crippen molar-refractivity contribution in [2.45, 2.75) is 25.2 Å². The first-order valence-corrected chi connectivity index (χ1v) is 5.48. The summed E-state index contributed by atoms with van der Waals surface area (Å²) in [5.41, 5.74) is 2.61. The topological polar surface area (TPSA) is 58.9 Å². The second-order valence-electron chi connectivity index (χ2n) is 4.12. The molecular formula is C12H12N2O2. The number of rotatable bonds is 1. The van der Waals surface area contributed by atoms with Gasteiger partial charge in [-0.15, -0.1) is 0 Å². The van der Waals surface area contributed by atoms with Gasteiger partial charge in [0.2, 0.25) is 0 Å². The largest absolute Gasteiger partial charge is 0.438 e. The molecule has 1 aromatic heterocycles. The van der Waals surface area contributed by atoms with E-state index in [2.05, 4.69) is 26.8 Å². The van der Waals surface area contributed by atoms with Gasteiger partial charge in [0.25, 0.3) is 0 Å². The van der Waals surface area contributed by atoms with Gasteiger partial charge in [0.15, 0.2) is 5.82 Å². The van der Waals surface area contributed by atoms with Gasteiger partial charge in [-0.3, -0.25) is 9.51 Å². The number of benzene rings is 1. The molecule has 4 heteroatoms. The maximum atomic E-state index is 11.0. The average molecular weight is 216 g/mol. The van der Waals surface area contributed by atoms with E-state index in [4.69, 9.17) is 0 Å². The highest BCUT2D eigenvalue weighted by Crippen LogP contribution is 2.34. The first kappa shape index (κ1) is 9.39. The summed E-state index contributed by atoms with van der Waals surface area (Å²) in [6.45, 7) is 0. The minimum atomic E-state index is -0.474. The highest BCUT2D eigenvalue weighted by molar-refractivity contribution is 5.35. The van der Waals surface area contributed by atoms with Gasteiger partial charge >= 0.3 is 5.76 Å².